The van der Waals surface area contributed by atoms with Crippen molar-refractivity contribution in [3.05, 3.63) is 83.4 Å². The summed E-state index contributed by atoms with van der Waals surface area (Å²) in [6, 6.07) is 20.6. The highest BCUT2D eigenvalue weighted by Gasteiger charge is 2.40. The van der Waals surface area contributed by atoms with Crippen molar-refractivity contribution in [2.45, 2.75) is 16.6 Å². The Balaban J connectivity index is 1.39. The molecule has 0 bridgehead atoms. The van der Waals surface area contributed by atoms with Crippen molar-refractivity contribution < 1.29 is 19.1 Å². The summed E-state index contributed by atoms with van der Waals surface area (Å²) in [6.07, 6.45) is 0.127. The van der Waals surface area contributed by atoms with Crippen LogP contribution in [0.5, 0.6) is 5.75 Å². The number of nitrogens with zero attached hydrogens (tertiary/aromatic N) is 1. The van der Waals surface area contributed by atoms with Crippen LogP contribution >= 0.6 is 23.4 Å². The summed E-state index contributed by atoms with van der Waals surface area (Å²) in [7, 11) is 1.57. The topological polar surface area (TPSA) is 75.7 Å². The van der Waals surface area contributed by atoms with E-state index in [0.29, 0.717) is 27.7 Å². The number of anilines is 2. The lowest BCUT2D eigenvalue weighted by molar-refractivity contribution is -0.121. The molecule has 1 aliphatic heterocycles. The molecular weight excluding hydrogens is 448 g/mol. The third kappa shape index (κ3) is 4.79. The fraction of sp³-hybridized carbons (Fsp3) is 0.125. The van der Waals surface area contributed by atoms with Gasteiger partial charge in [0.05, 0.1) is 18.0 Å². The molecule has 0 spiro atoms. The van der Waals surface area contributed by atoms with Crippen molar-refractivity contribution in [2.24, 2.45) is 0 Å². The van der Waals surface area contributed by atoms with Crippen molar-refractivity contribution in [2.75, 3.05) is 17.3 Å². The molecule has 1 heterocycles. The molecule has 3 aromatic rings. The van der Waals surface area contributed by atoms with Crippen molar-refractivity contribution in [1.29, 1.82) is 0 Å². The average Bonchev–Trinajstić information content (AvgIpc) is 3.08. The number of benzene rings is 3. The van der Waals surface area contributed by atoms with Gasteiger partial charge in [-0.3, -0.25) is 14.4 Å². The van der Waals surface area contributed by atoms with E-state index in [2.05, 4.69) is 5.32 Å². The molecule has 0 aliphatic carbocycles. The van der Waals surface area contributed by atoms with Gasteiger partial charge < -0.3 is 10.1 Å². The van der Waals surface area contributed by atoms with E-state index >= 15 is 0 Å². The third-order valence-electron chi connectivity index (χ3n) is 4.93. The molecule has 1 saturated heterocycles. The first-order valence-electron chi connectivity index (χ1n) is 9.79. The van der Waals surface area contributed by atoms with E-state index in [1.807, 2.05) is 12.1 Å². The van der Waals surface area contributed by atoms with Gasteiger partial charge in [0.2, 0.25) is 11.8 Å². The first kappa shape index (κ1) is 21.9. The highest BCUT2D eigenvalue weighted by atomic mass is 35.5. The van der Waals surface area contributed by atoms with E-state index in [0.717, 1.165) is 4.90 Å². The minimum Gasteiger partial charge on any atom is -0.497 e. The molecule has 162 valence electrons. The molecule has 4 rings (SSSR count). The molecule has 3 amide bonds. The summed E-state index contributed by atoms with van der Waals surface area (Å²) in [6.45, 7) is 0. The Morgan fingerprint density at radius 3 is 2.28 bits per heavy atom. The maximum absolute atomic E-state index is 12.8. The molecule has 1 atom stereocenters. The predicted octanol–water partition coefficient (Wildman–Crippen LogP) is 5.03. The average molecular weight is 467 g/mol. The largest absolute Gasteiger partial charge is 0.497 e. The first-order chi connectivity index (χ1) is 15.4. The van der Waals surface area contributed by atoms with Crippen LogP contribution in [0.15, 0.2) is 77.7 Å². The lowest BCUT2D eigenvalue weighted by Crippen LogP contribution is -2.31. The molecule has 0 aromatic heterocycles. The maximum atomic E-state index is 12.8. The lowest BCUT2D eigenvalue weighted by Gasteiger charge is -2.15. The number of carbonyl (C=O) groups is 3. The number of halogens is 1. The summed E-state index contributed by atoms with van der Waals surface area (Å²) in [5.74, 6) is -0.0434. The quantitative estimate of drug-likeness (QED) is 0.516. The summed E-state index contributed by atoms with van der Waals surface area (Å²) in [4.78, 5) is 39.7. The van der Waals surface area contributed by atoms with E-state index in [1.165, 1.54) is 16.7 Å². The normalized spacial score (nSPS) is 15.7. The van der Waals surface area contributed by atoms with E-state index in [-0.39, 0.29) is 24.1 Å². The van der Waals surface area contributed by atoms with E-state index < -0.39 is 5.25 Å². The van der Waals surface area contributed by atoms with Gasteiger partial charge in [0.25, 0.3) is 5.91 Å². The third-order valence-corrected chi connectivity index (χ3v) is 6.38. The summed E-state index contributed by atoms with van der Waals surface area (Å²) < 4.78 is 5.10. The molecule has 0 radical (unpaired) electrons. The van der Waals surface area contributed by atoms with Crippen molar-refractivity contribution in [3.63, 3.8) is 0 Å². The number of hydrogen-bond acceptors (Lipinski definition) is 5. The van der Waals surface area contributed by atoms with Crippen molar-refractivity contribution in [3.8, 4) is 5.75 Å². The summed E-state index contributed by atoms with van der Waals surface area (Å²) in [5, 5.41) is 2.87. The zero-order valence-electron chi connectivity index (χ0n) is 17.1. The number of imide groups is 1. The maximum Gasteiger partial charge on any atom is 0.255 e. The highest BCUT2D eigenvalue weighted by molar-refractivity contribution is 8.00. The monoisotopic (exact) mass is 466 g/mol. The molecule has 0 saturated carbocycles. The molecular formula is C24H19ClN2O4S. The summed E-state index contributed by atoms with van der Waals surface area (Å²) >= 11 is 7.22. The Labute approximate surface area is 194 Å². The second kappa shape index (κ2) is 9.46. The Kier molecular flexibility index (Phi) is 6.48. The molecule has 8 heteroatoms. The molecule has 1 N–H and O–H groups in total. The van der Waals surface area contributed by atoms with Gasteiger partial charge >= 0.3 is 0 Å². The molecule has 32 heavy (non-hydrogen) atoms. The van der Waals surface area contributed by atoms with Gasteiger partial charge in [0, 0.05) is 27.6 Å². The molecule has 1 fully saturated rings. The predicted molar refractivity (Wildman–Crippen MR) is 126 cm³/mol. The van der Waals surface area contributed by atoms with Crippen LogP contribution in [0, 0.1) is 0 Å². The van der Waals surface area contributed by atoms with Crippen molar-refractivity contribution in [1.82, 2.24) is 0 Å². The standard InChI is InChI=1S/C24H19ClN2O4S/c1-31-19-10-2-15(3-11-19)23(29)26-17-6-12-20(13-7-17)32-21-14-22(28)27(24(21)30)18-8-4-16(25)5-9-18/h2-13,21H,14H2,1H3,(H,26,29). The van der Waals surface area contributed by atoms with Crippen LogP contribution in [0.25, 0.3) is 0 Å². The minimum atomic E-state index is -0.502. The van der Waals surface area contributed by atoms with Crippen LogP contribution in [0.3, 0.4) is 0 Å². The van der Waals surface area contributed by atoms with Crippen LogP contribution in [-0.4, -0.2) is 30.1 Å². The van der Waals surface area contributed by atoms with Crippen LogP contribution in [-0.2, 0) is 9.59 Å². The van der Waals surface area contributed by atoms with E-state index in [9.17, 15) is 14.4 Å². The number of thioether (sulfide) groups is 1. The van der Waals surface area contributed by atoms with Gasteiger partial charge in [0.1, 0.15) is 5.75 Å². The summed E-state index contributed by atoms with van der Waals surface area (Å²) in [5.41, 5.74) is 1.66. The SMILES string of the molecule is COc1ccc(C(=O)Nc2ccc(SC3CC(=O)N(c4ccc(Cl)cc4)C3=O)cc2)cc1. The molecule has 3 aromatic carbocycles. The number of nitrogens with one attached hydrogen (secondary N) is 1. The molecule has 6 nitrogen and oxygen atoms in total. The van der Waals surface area contributed by atoms with E-state index in [4.69, 9.17) is 16.3 Å². The second-order valence-electron chi connectivity index (χ2n) is 7.06. The zero-order valence-corrected chi connectivity index (χ0v) is 18.7. The van der Waals surface area contributed by atoms with Gasteiger partial charge in [-0.05, 0) is 72.8 Å². The molecule has 1 aliphatic rings. The highest BCUT2D eigenvalue weighted by Crippen LogP contribution is 2.34. The Bertz CT molecular complexity index is 1150. The number of rotatable bonds is 6. The van der Waals surface area contributed by atoms with Gasteiger partial charge in [-0.15, -0.1) is 11.8 Å². The van der Waals surface area contributed by atoms with E-state index in [1.54, 1.807) is 67.8 Å². The Morgan fingerprint density at radius 2 is 1.66 bits per heavy atom. The Hall–Kier alpha value is -3.29. The van der Waals surface area contributed by atoms with Gasteiger partial charge in [-0.25, -0.2) is 4.90 Å². The molecule has 1 unspecified atom stereocenters. The van der Waals surface area contributed by atoms with Gasteiger partial charge in [-0.1, -0.05) is 11.6 Å². The van der Waals surface area contributed by atoms with Gasteiger partial charge in [0.15, 0.2) is 0 Å². The smallest absolute Gasteiger partial charge is 0.255 e. The van der Waals surface area contributed by atoms with Crippen molar-refractivity contribution >= 4 is 52.5 Å². The van der Waals surface area contributed by atoms with Crippen LogP contribution in [0.2, 0.25) is 5.02 Å². The lowest BCUT2D eigenvalue weighted by atomic mass is 10.2. The first-order valence-corrected chi connectivity index (χ1v) is 11.0. The number of ether oxygens (including phenoxy) is 1. The van der Waals surface area contributed by atoms with Crippen LogP contribution in [0.1, 0.15) is 16.8 Å². The Morgan fingerprint density at radius 1 is 1.00 bits per heavy atom. The van der Waals surface area contributed by atoms with Crippen LogP contribution < -0.4 is 15.0 Å². The number of methoxy groups -OCH3 is 1. The van der Waals surface area contributed by atoms with Gasteiger partial charge in [-0.2, -0.15) is 0 Å². The minimum absolute atomic E-state index is 0.127. The fourth-order valence-electron chi connectivity index (χ4n) is 3.28. The number of hydrogen-bond donors (Lipinski definition) is 1. The zero-order chi connectivity index (χ0) is 22.7. The van der Waals surface area contributed by atoms with Crippen LogP contribution in [0.4, 0.5) is 11.4 Å². The number of amides is 3. The number of carbonyl (C=O) groups excluding carboxylic acids is 3. The second-order valence-corrected chi connectivity index (χ2v) is 8.77. The fourth-order valence-corrected chi connectivity index (χ4v) is 4.46.